The number of carbonyl (C=O) groups is 1. The number of esters is 1. The molecule has 0 bridgehead atoms. The number of carbonyl (C=O) groups excluding carboxylic acids is 1. The highest BCUT2D eigenvalue weighted by atomic mass is 19.1. The molecule has 2 aromatic rings. The Balaban J connectivity index is 1.86. The number of benzene rings is 2. The van der Waals surface area contributed by atoms with Crippen molar-refractivity contribution in [3.8, 4) is 0 Å². The van der Waals surface area contributed by atoms with Gasteiger partial charge >= 0.3 is 5.97 Å². The lowest BCUT2D eigenvalue weighted by molar-refractivity contribution is -0.156. The van der Waals surface area contributed by atoms with E-state index in [1.807, 2.05) is 30.4 Å². The zero-order valence-electron chi connectivity index (χ0n) is 17.4. The van der Waals surface area contributed by atoms with Gasteiger partial charge < -0.3 is 9.84 Å². The molecule has 2 aliphatic rings. The summed E-state index contributed by atoms with van der Waals surface area (Å²) in [4.78, 5) is 11.7. The minimum atomic E-state index is -0.672. The van der Waals surface area contributed by atoms with E-state index in [1.165, 1.54) is 17.7 Å². The topological polar surface area (TPSA) is 46.5 Å². The van der Waals surface area contributed by atoms with Crippen LogP contribution in [0.25, 0.3) is 5.57 Å². The van der Waals surface area contributed by atoms with E-state index in [1.54, 1.807) is 0 Å². The highest BCUT2D eigenvalue weighted by molar-refractivity contribution is 5.86. The Morgan fingerprint density at radius 3 is 2.60 bits per heavy atom. The maximum Gasteiger partial charge on any atom is 0.309 e. The number of fused-ring (bicyclic) bond motifs is 1. The van der Waals surface area contributed by atoms with Gasteiger partial charge in [-0.05, 0) is 64.3 Å². The average molecular weight is 406 g/mol. The number of aliphatic hydroxyl groups is 1. The van der Waals surface area contributed by atoms with Gasteiger partial charge in [0.2, 0.25) is 0 Å². The minimum Gasteiger partial charge on any atom is -0.458 e. The highest BCUT2D eigenvalue weighted by Crippen LogP contribution is 2.44. The molecule has 0 saturated carbocycles. The summed E-state index contributed by atoms with van der Waals surface area (Å²) in [6.07, 6.45) is 5.16. The van der Waals surface area contributed by atoms with Crippen LogP contribution in [0.5, 0.6) is 0 Å². The first-order chi connectivity index (χ1) is 14.3. The molecule has 4 heteroatoms. The van der Waals surface area contributed by atoms with Gasteiger partial charge in [0.1, 0.15) is 11.9 Å². The number of ether oxygens (including phenoxy) is 1. The predicted molar refractivity (Wildman–Crippen MR) is 115 cm³/mol. The van der Waals surface area contributed by atoms with Gasteiger partial charge in [-0.3, -0.25) is 4.79 Å². The van der Waals surface area contributed by atoms with Crippen LogP contribution < -0.4 is 0 Å². The van der Waals surface area contributed by atoms with Crippen LogP contribution >= 0.6 is 0 Å². The van der Waals surface area contributed by atoms with E-state index in [0.717, 1.165) is 35.1 Å². The van der Waals surface area contributed by atoms with Crippen molar-refractivity contribution in [3.63, 3.8) is 0 Å². The van der Waals surface area contributed by atoms with Crippen molar-refractivity contribution in [1.82, 2.24) is 0 Å². The quantitative estimate of drug-likeness (QED) is 0.711. The summed E-state index contributed by atoms with van der Waals surface area (Å²) in [5.74, 6) is -0.637. The molecule has 30 heavy (non-hydrogen) atoms. The molecule has 2 atom stereocenters. The summed E-state index contributed by atoms with van der Waals surface area (Å²) in [7, 11) is 0. The number of halogens is 1. The number of hydrogen-bond donors (Lipinski definition) is 1. The van der Waals surface area contributed by atoms with Crippen LogP contribution in [0.4, 0.5) is 4.39 Å². The summed E-state index contributed by atoms with van der Waals surface area (Å²) in [6, 6.07) is 15.0. The molecule has 1 aliphatic carbocycles. The number of cyclic esters (lactones) is 1. The summed E-state index contributed by atoms with van der Waals surface area (Å²) in [6.45, 7) is 4.42. The van der Waals surface area contributed by atoms with Crippen molar-refractivity contribution >= 4 is 11.5 Å². The second-order valence-corrected chi connectivity index (χ2v) is 8.82. The zero-order chi connectivity index (χ0) is 21.3. The van der Waals surface area contributed by atoms with Gasteiger partial charge in [0.15, 0.2) is 0 Å². The minimum absolute atomic E-state index is 0.0483. The van der Waals surface area contributed by atoms with Crippen molar-refractivity contribution in [2.45, 2.75) is 51.7 Å². The average Bonchev–Trinajstić information content (AvgIpc) is 2.81. The fourth-order valence-corrected chi connectivity index (χ4v) is 4.41. The first-order valence-electron chi connectivity index (χ1n) is 10.5. The summed E-state index contributed by atoms with van der Waals surface area (Å²) < 4.78 is 19.1. The maximum atomic E-state index is 13.6. The molecule has 4 rings (SSSR count). The molecule has 1 heterocycles. The van der Waals surface area contributed by atoms with Crippen LogP contribution in [0.2, 0.25) is 0 Å². The molecule has 1 saturated heterocycles. The Morgan fingerprint density at radius 2 is 1.87 bits per heavy atom. The van der Waals surface area contributed by atoms with E-state index in [0.29, 0.717) is 6.42 Å². The Labute approximate surface area is 176 Å². The number of rotatable bonds is 3. The first-order valence-corrected chi connectivity index (χ1v) is 10.5. The molecule has 2 aromatic carbocycles. The van der Waals surface area contributed by atoms with E-state index in [9.17, 15) is 14.3 Å². The summed E-state index contributed by atoms with van der Waals surface area (Å²) in [5, 5.41) is 9.94. The molecular formula is C26H27FO3. The van der Waals surface area contributed by atoms with Crippen LogP contribution in [-0.2, 0) is 16.0 Å². The van der Waals surface area contributed by atoms with Crippen molar-refractivity contribution in [2.75, 3.05) is 0 Å². The van der Waals surface area contributed by atoms with Gasteiger partial charge in [0, 0.05) is 6.42 Å². The molecule has 0 radical (unpaired) electrons. The summed E-state index contributed by atoms with van der Waals surface area (Å²) in [5.41, 5.74) is 5.43. The third-order valence-electron chi connectivity index (χ3n) is 6.10. The zero-order valence-corrected chi connectivity index (χ0v) is 17.4. The highest BCUT2D eigenvalue weighted by Gasteiger charge is 2.31. The molecule has 0 amide bonds. The second kappa shape index (κ2) is 8.19. The maximum absolute atomic E-state index is 13.6. The van der Waals surface area contributed by atoms with E-state index >= 15 is 0 Å². The number of aryl methyl sites for hydroxylation is 1. The molecule has 1 fully saturated rings. The lowest BCUT2D eigenvalue weighted by Crippen LogP contribution is -2.31. The van der Waals surface area contributed by atoms with Crippen molar-refractivity contribution in [1.29, 1.82) is 0 Å². The van der Waals surface area contributed by atoms with Gasteiger partial charge in [-0.2, -0.15) is 0 Å². The smallest absolute Gasteiger partial charge is 0.309 e. The molecule has 156 valence electrons. The second-order valence-electron chi connectivity index (χ2n) is 8.82. The SMILES string of the molecule is CC1(C)CCc2ccccc2C(c2ccc(F)cc2)=C1C=C[C@@H]1C[C@@H](O)CC(=O)O1. The molecular weight excluding hydrogens is 379 g/mol. The fourth-order valence-electron chi connectivity index (χ4n) is 4.41. The monoisotopic (exact) mass is 406 g/mol. The third kappa shape index (κ3) is 4.24. The van der Waals surface area contributed by atoms with Crippen LogP contribution in [-0.4, -0.2) is 23.3 Å². The third-order valence-corrected chi connectivity index (χ3v) is 6.10. The van der Waals surface area contributed by atoms with E-state index in [2.05, 4.69) is 32.0 Å². The Bertz CT molecular complexity index is 1000. The summed E-state index contributed by atoms with van der Waals surface area (Å²) >= 11 is 0. The standard InChI is InChI=1S/C26H27FO3/c1-26(2)14-13-17-5-3-4-6-22(17)25(18-7-9-19(27)10-8-18)23(26)12-11-21-15-20(28)16-24(29)30-21/h3-12,20-21,28H,13-16H2,1-2H3/t20-,21-/m1/s1. The van der Waals surface area contributed by atoms with E-state index < -0.39 is 12.2 Å². The molecule has 0 aromatic heterocycles. The van der Waals surface area contributed by atoms with Crippen molar-refractivity contribution in [2.24, 2.45) is 5.41 Å². The Kier molecular flexibility index (Phi) is 5.61. The normalized spacial score (nSPS) is 23.8. The van der Waals surface area contributed by atoms with E-state index in [-0.39, 0.29) is 23.6 Å². The van der Waals surface area contributed by atoms with Gasteiger partial charge in [-0.25, -0.2) is 4.39 Å². The molecule has 1 N–H and O–H groups in total. The predicted octanol–water partition coefficient (Wildman–Crippen LogP) is 5.22. The number of aliphatic hydroxyl groups excluding tert-OH is 1. The molecule has 3 nitrogen and oxygen atoms in total. The van der Waals surface area contributed by atoms with Crippen LogP contribution in [0.15, 0.2) is 66.3 Å². The Morgan fingerprint density at radius 1 is 1.13 bits per heavy atom. The lowest BCUT2D eigenvalue weighted by atomic mass is 9.77. The Hall–Kier alpha value is -2.72. The molecule has 1 aliphatic heterocycles. The number of allylic oxidation sites excluding steroid dienone is 2. The van der Waals surface area contributed by atoms with Gasteiger partial charge in [-0.15, -0.1) is 0 Å². The fraction of sp³-hybridized carbons (Fsp3) is 0.346. The number of hydrogen-bond acceptors (Lipinski definition) is 3. The largest absolute Gasteiger partial charge is 0.458 e. The van der Waals surface area contributed by atoms with Crippen LogP contribution in [0, 0.1) is 11.2 Å². The first kappa shape index (κ1) is 20.5. The van der Waals surface area contributed by atoms with Gasteiger partial charge in [0.05, 0.1) is 12.5 Å². The van der Waals surface area contributed by atoms with Crippen molar-refractivity contribution in [3.05, 3.63) is 88.8 Å². The lowest BCUT2D eigenvalue weighted by Gasteiger charge is -2.28. The van der Waals surface area contributed by atoms with Crippen LogP contribution in [0.1, 0.15) is 49.8 Å². The molecule has 0 unspecified atom stereocenters. The van der Waals surface area contributed by atoms with Crippen molar-refractivity contribution < 1.29 is 19.0 Å². The van der Waals surface area contributed by atoms with E-state index in [4.69, 9.17) is 4.74 Å². The molecule has 0 spiro atoms. The van der Waals surface area contributed by atoms with Gasteiger partial charge in [-0.1, -0.05) is 56.3 Å². The van der Waals surface area contributed by atoms with Crippen LogP contribution in [0.3, 0.4) is 0 Å². The van der Waals surface area contributed by atoms with Gasteiger partial charge in [0.25, 0.3) is 0 Å².